The molecule has 0 bridgehead atoms. The van der Waals surface area contributed by atoms with Gasteiger partial charge in [-0.1, -0.05) is 18.1 Å². The van der Waals surface area contributed by atoms with E-state index in [1.807, 2.05) is 0 Å². The lowest BCUT2D eigenvalue weighted by molar-refractivity contribution is -0.0424. The largest absolute Gasteiger partial charge is 0.364 e. The van der Waals surface area contributed by atoms with Crippen molar-refractivity contribution in [1.82, 2.24) is 0 Å². The molecule has 0 radical (unpaired) electrons. The van der Waals surface area contributed by atoms with Crippen molar-refractivity contribution >= 4 is 0 Å². The fourth-order valence-corrected chi connectivity index (χ4v) is 0.751. The third-order valence-corrected chi connectivity index (χ3v) is 1.38. The van der Waals surface area contributed by atoms with Gasteiger partial charge >= 0.3 is 0 Å². The molecule has 0 unspecified atom stereocenters. The number of rotatable bonds is 1. The molecule has 1 aromatic carbocycles. The van der Waals surface area contributed by atoms with Crippen LogP contribution in [-0.4, -0.2) is 10.2 Å². The minimum Gasteiger partial charge on any atom is -0.364 e. The van der Waals surface area contributed by atoms with Gasteiger partial charge in [0, 0.05) is 11.1 Å². The van der Waals surface area contributed by atoms with Gasteiger partial charge in [0.25, 0.3) is 0 Å². The highest BCUT2D eigenvalue weighted by atomic mass is 16.5. The molecule has 1 aromatic rings. The molecule has 0 aromatic heterocycles. The number of hydrogen-bond donors (Lipinski definition) is 2. The van der Waals surface area contributed by atoms with Crippen molar-refractivity contribution in [3.63, 3.8) is 0 Å². The SMILES string of the molecule is C#Cc1ccc(C(O)O)cc1. The molecule has 56 valence electrons. The maximum absolute atomic E-state index is 8.69. The molecular weight excluding hydrogens is 140 g/mol. The summed E-state index contributed by atoms with van der Waals surface area (Å²) >= 11 is 0. The van der Waals surface area contributed by atoms with E-state index in [2.05, 4.69) is 5.92 Å². The van der Waals surface area contributed by atoms with Crippen LogP contribution in [0, 0.1) is 12.3 Å². The number of terminal acetylenes is 1. The highest BCUT2D eigenvalue weighted by Gasteiger charge is 1.99. The molecule has 0 aliphatic carbocycles. The maximum atomic E-state index is 8.69. The first-order valence-electron chi connectivity index (χ1n) is 3.17. The quantitative estimate of drug-likeness (QED) is 0.453. The average Bonchev–Trinajstić information content (AvgIpc) is 2.05. The molecule has 2 heteroatoms. The summed E-state index contributed by atoms with van der Waals surface area (Å²) < 4.78 is 0. The Kier molecular flexibility index (Phi) is 2.27. The lowest BCUT2D eigenvalue weighted by Gasteiger charge is -2.01. The molecule has 0 aliphatic rings. The predicted molar refractivity (Wildman–Crippen MR) is 41.6 cm³/mol. The Morgan fingerprint density at radius 1 is 1.18 bits per heavy atom. The lowest BCUT2D eigenvalue weighted by atomic mass is 10.1. The van der Waals surface area contributed by atoms with Crippen molar-refractivity contribution in [2.45, 2.75) is 6.29 Å². The molecule has 0 atom stereocenters. The van der Waals surface area contributed by atoms with E-state index in [-0.39, 0.29) is 0 Å². The summed E-state index contributed by atoms with van der Waals surface area (Å²) in [6, 6.07) is 6.49. The van der Waals surface area contributed by atoms with E-state index in [1.165, 1.54) is 0 Å². The Morgan fingerprint density at radius 3 is 2.09 bits per heavy atom. The second-order valence-corrected chi connectivity index (χ2v) is 2.14. The molecule has 1 rings (SSSR count). The summed E-state index contributed by atoms with van der Waals surface area (Å²) in [4.78, 5) is 0. The standard InChI is InChI=1S/C9H8O2/c1-2-7-3-5-8(6-4-7)9(10)11/h1,3-6,9-11H. The van der Waals surface area contributed by atoms with Crippen LogP contribution in [0.5, 0.6) is 0 Å². The molecule has 2 N–H and O–H groups in total. The lowest BCUT2D eigenvalue weighted by Crippen LogP contribution is -1.93. The molecule has 0 saturated carbocycles. The van der Waals surface area contributed by atoms with Crippen molar-refractivity contribution in [2.75, 3.05) is 0 Å². The van der Waals surface area contributed by atoms with Crippen molar-refractivity contribution in [1.29, 1.82) is 0 Å². The minimum atomic E-state index is -1.41. The van der Waals surface area contributed by atoms with E-state index >= 15 is 0 Å². The Balaban J connectivity index is 2.94. The summed E-state index contributed by atoms with van der Waals surface area (Å²) in [5.74, 6) is 2.43. The Hall–Kier alpha value is -1.30. The van der Waals surface area contributed by atoms with Gasteiger partial charge in [0.15, 0.2) is 6.29 Å². The molecule has 2 nitrogen and oxygen atoms in total. The fourth-order valence-electron chi connectivity index (χ4n) is 0.751. The number of hydrogen-bond acceptors (Lipinski definition) is 2. The van der Waals surface area contributed by atoms with E-state index in [0.717, 1.165) is 5.56 Å². The molecule has 0 spiro atoms. The molecule has 0 amide bonds. The molecule has 0 saturated heterocycles. The van der Waals surface area contributed by atoms with Crippen LogP contribution in [-0.2, 0) is 0 Å². The van der Waals surface area contributed by atoms with Crippen LogP contribution >= 0.6 is 0 Å². The molecule has 11 heavy (non-hydrogen) atoms. The van der Waals surface area contributed by atoms with Gasteiger partial charge in [-0.3, -0.25) is 0 Å². The van der Waals surface area contributed by atoms with Gasteiger partial charge in [-0.05, 0) is 12.1 Å². The average molecular weight is 148 g/mol. The van der Waals surface area contributed by atoms with Crippen LogP contribution in [0.3, 0.4) is 0 Å². The molecule has 0 fully saturated rings. The van der Waals surface area contributed by atoms with Crippen molar-refractivity contribution in [2.24, 2.45) is 0 Å². The normalized spacial score (nSPS) is 9.64. The number of benzene rings is 1. The zero-order chi connectivity index (χ0) is 8.27. The highest BCUT2D eigenvalue weighted by Crippen LogP contribution is 2.09. The first kappa shape index (κ1) is 7.80. The Labute approximate surface area is 65.1 Å². The van der Waals surface area contributed by atoms with Gasteiger partial charge in [0.2, 0.25) is 0 Å². The topological polar surface area (TPSA) is 40.5 Å². The fraction of sp³-hybridized carbons (Fsp3) is 0.111. The Bertz CT molecular complexity index is 267. The second kappa shape index (κ2) is 3.20. The van der Waals surface area contributed by atoms with Crippen molar-refractivity contribution < 1.29 is 10.2 Å². The molecule has 0 heterocycles. The molecular formula is C9H8O2. The van der Waals surface area contributed by atoms with Gasteiger partial charge in [0.1, 0.15) is 0 Å². The van der Waals surface area contributed by atoms with Crippen LogP contribution < -0.4 is 0 Å². The summed E-state index contributed by atoms with van der Waals surface area (Å²) in [7, 11) is 0. The smallest absolute Gasteiger partial charge is 0.178 e. The first-order chi connectivity index (χ1) is 5.24. The van der Waals surface area contributed by atoms with Crippen molar-refractivity contribution in [3.8, 4) is 12.3 Å². The van der Waals surface area contributed by atoms with E-state index in [0.29, 0.717) is 5.56 Å². The Morgan fingerprint density at radius 2 is 1.73 bits per heavy atom. The van der Waals surface area contributed by atoms with Gasteiger partial charge in [-0.2, -0.15) is 0 Å². The monoisotopic (exact) mass is 148 g/mol. The summed E-state index contributed by atoms with van der Waals surface area (Å²) in [6.07, 6.45) is 3.69. The van der Waals surface area contributed by atoms with Crippen LogP contribution in [0.25, 0.3) is 0 Å². The van der Waals surface area contributed by atoms with Gasteiger partial charge < -0.3 is 10.2 Å². The summed E-state index contributed by atoms with van der Waals surface area (Å²) in [6.45, 7) is 0. The third kappa shape index (κ3) is 1.81. The highest BCUT2D eigenvalue weighted by molar-refractivity contribution is 5.34. The van der Waals surface area contributed by atoms with Crippen LogP contribution in [0.2, 0.25) is 0 Å². The van der Waals surface area contributed by atoms with Crippen LogP contribution in [0.15, 0.2) is 24.3 Å². The number of aliphatic hydroxyl groups is 2. The number of aliphatic hydroxyl groups excluding tert-OH is 1. The summed E-state index contributed by atoms with van der Waals surface area (Å²) in [5.41, 5.74) is 1.18. The van der Waals surface area contributed by atoms with Crippen molar-refractivity contribution in [3.05, 3.63) is 35.4 Å². The van der Waals surface area contributed by atoms with Gasteiger partial charge in [-0.25, -0.2) is 0 Å². The third-order valence-electron chi connectivity index (χ3n) is 1.38. The van der Waals surface area contributed by atoms with E-state index in [4.69, 9.17) is 16.6 Å². The minimum absolute atomic E-state index is 0.448. The predicted octanol–water partition coefficient (Wildman–Crippen LogP) is 0.651. The second-order valence-electron chi connectivity index (χ2n) is 2.14. The van der Waals surface area contributed by atoms with E-state index in [9.17, 15) is 0 Å². The van der Waals surface area contributed by atoms with Crippen LogP contribution in [0.1, 0.15) is 17.4 Å². The first-order valence-corrected chi connectivity index (χ1v) is 3.17. The van der Waals surface area contributed by atoms with Gasteiger partial charge in [0.05, 0.1) is 0 Å². The zero-order valence-electron chi connectivity index (χ0n) is 5.86. The van der Waals surface area contributed by atoms with E-state index < -0.39 is 6.29 Å². The zero-order valence-corrected chi connectivity index (χ0v) is 5.86. The maximum Gasteiger partial charge on any atom is 0.178 e. The van der Waals surface area contributed by atoms with Crippen LogP contribution in [0.4, 0.5) is 0 Å². The summed E-state index contributed by atoms with van der Waals surface area (Å²) in [5, 5.41) is 17.4. The molecule has 0 aliphatic heterocycles. The van der Waals surface area contributed by atoms with Gasteiger partial charge in [-0.15, -0.1) is 6.42 Å². The van der Waals surface area contributed by atoms with E-state index in [1.54, 1.807) is 24.3 Å².